The van der Waals surface area contributed by atoms with Gasteiger partial charge in [0.05, 0.1) is 6.20 Å². The predicted octanol–water partition coefficient (Wildman–Crippen LogP) is 2.67. The van der Waals surface area contributed by atoms with Crippen molar-refractivity contribution in [2.24, 2.45) is 0 Å². The fourth-order valence-electron chi connectivity index (χ4n) is 2.63. The molecule has 104 valence electrons. The number of aliphatic hydroxyl groups excluding tert-OH is 1. The second-order valence-electron chi connectivity index (χ2n) is 5.13. The van der Waals surface area contributed by atoms with E-state index < -0.39 is 24.6 Å². The summed E-state index contributed by atoms with van der Waals surface area (Å²) < 4.78 is 45.7. The van der Waals surface area contributed by atoms with E-state index >= 15 is 0 Å². The summed E-state index contributed by atoms with van der Waals surface area (Å²) in [5, 5.41) is 9.70. The van der Waals surface area contributed by atoms with Gasteiger partial charge in [-0.25, -0.2) is 13.2 Å². The van der Waals surface area contributed by atoms with Crippen molar-refractivity contribution in [3.63, 3.8) is 0 Å². The molecule has 0 bridgehead atoms. The third kappa shape index (κ3) is 1.89. The lowest BCUT2D eigenvalue weighted by atomic mass is 9.93. The van der Waals surface area contributed by atoms with Crippen LogP contribution in [0.25, 0.3) is 0 Å². The summed E-state index contributed by atoms with van der Waals surface area (Å²) in [5.41, 5.74) is 0.568. The molecular weight excluding hydrogens is 259 g/mol. The van der Waals surface area contributed by atoms with Gasteiger partial charge in [0.15, 0.2) is 12.3 Å². The molecule has 6 heteroatoms. The van der Waals surface area contributed by atoms with E-state index in [1.54, 1.807) is 6.92 Å². The fourth-order valence-corrected chi connectivity index (χ4v) is 2.63. The number of hydrogen-bond donors (Lipinski definition) is 1. The molecule has 19 heavy (non-hydrogen) atoms. The van der Waals surface area contributed by atoms with Crippen LogP contribution in [0, 0.1) is 6.92 Å². The zero-order chi connectivity index (χ0) is 13.7. The number of aliphatic hydroxyl groups is 1. The van der Waals surface area contributed by atoms with E-state index in [0.717, 1.165) is 0 Å². The Hall–Kier alpha value is -1.30. The van der Waals surface area contributed by atoms with E-state index in [0.29, 0.717) is 5.69 Å². The van der Waals surface area contributed by atoms with Crippen LogP contribution in [0.1, 0.15) is 41.9 Å². The largest absolute Gasteiger partial charge is 0.488 e. The molecule has 0 aromatic carbocycles. The molecule has 1 heterocycles. The first kappa shape index (κ1) is 12.7. The van der Waals surface area contributed by atoms with Crippen molar-refractivity contribution in [3.8, 4) is 5.75 Å². The Balaban J connectivity index is 1.95. The molecule has 0 aliphatic heterocycles. The molecule has 0 radical (unpaired) electrons. The molecule has 2 aliphatic rings. The number of halogens is 3. The van der Waals surface area contributed by atoms with Gasteiger partial charge in [-0.2, -0.15) is 0 Å². The van der Waals surface area contributed by atoms with Crippen LogP contribution in [-0.4, -0.2) is 28.5 Å². The van der Waals surface area contributed by atoms with Gasteiger partial charge in [-0.15, -0.1) is 0 Å². The number of nitrogens with zero attached hydrogens (tertiary/aromatic N) is 1. The molecule has 2 aliphatic carbocycles. The highest BCUT2D eigenvalue weighted by molar-refractivity contribution is 5.48. The Morgan fingerprint density at radius 1 is 1.26 bits per heavy atom. The van der Waals surface area contributed by atoms with Gasteiger partial charge in [-0.3, -0.25) is 4.98 Å². The van der Waals surface area contributed by atoms with Crippen molar-refractivity contribution in [3.05, 3.63) is 23.0 Å². The van der Waals surface area contributed by atoms with Crippen molar-refractivity contribution in [1.29, 1.82) is 0 Å². The number of rotatable bonds is 2. The summed E-state index contributed by atoms with van der Waals surface area (Å²) in [6.45, 7) is 1.58. The summed E-state index contributed by atoms with van der Waals surface area (Å²) in [6, 6.07) is 0. The standard InChI is InChI=1S/C13H14F3NO2/c1-5-9-10(11(15)12(16)13(9)18)8(4-17-5)19-7-2-6(14)3-7/h4,6-7,11-13,18H,2-3H2,1H3/t6?,7?,11-,12-,13+/m1/s1. The van der Waals surface area contributed by atoms with Crippen LogP contribution < -0.4 is 4.74 Å². The van der Waals surface area contributed by atoms with Gasteiger partial charge in [-0.05, 0) is 6.92 Å². The van der Waals surface area contributed by atoms with E-state index in [2.05, 4.69) is 4.98 Å². The third-order valence-corrected chi connectivity index (χ3v) is 3.80. The fraction of sp³-hybridized carbons (Fsp3) is 0.615. The maximum Gasteiger partial charge on any atom is 0.165 e. The first-order chi connectivity index (χ1) is 8.99. The Kier molecular flexibility index (Phi) is 2.92. The minimum Gasteiger partial charge on any atom is -0.488 e. The van der Waals surface area contributed by atoms with Crippen LogP contribution in [0.2, 0.25) is 0 Å². The highest BCUT2D eigenvalue weighted by Gasteiger charge is 2.45. The maximum absolute atomic E-state index is 13.9. The van der Waals surface area contributed by atoms with E-state index in [9.17, 15) is 18.3 Å². The van der Waals surface area contributed by atoms with Crippen molar-refractivity contribution in [2.45, 2.75) is 50.5 Å². The molecule has 3 nitrogen and oxygen atoms in total. The van der Waals surface area contributed by atoms with Gasteiger partial charge in [-0.1, -0.05) is 0 Å². The van der Waals surface area contributed by atoms with E-state index in [1.165, 1.54) is 6.20 Å². The van der Waals surface area contributed by atoms with Crippen LogP contribution in [0.3, 0.4) is 0 Å². The number of ether oxygens (including phenoxy) is 1. The Bertz CT molecular complexity index is 505. The van der Waals surface area contributed by atoms with Crippen LogP contribution in [0.15, 0.2) is 6.20 Å². The van der Waals surface area contributed by atoms with Crippen LogP contribution in [0.5, 0.6) is 5.75 Å². The molecule has 1 saturated carbocycles. The van der Waals surface area contributed by atoms with Crippen LogP contribution >= 0.6 is 0 Å². The Morgan fingerprint density at radius 2 is 1.95 bits per heavy atom. The molecule has 3 atom stereocenters. The minimum absolute atomic E-state index is 0.0230. The molecule has 3 rings (SSSR count). The average Bonchev–Trinajstić information content (AvgIpc) is 2.57. The van der Waals surface area contributed by atoms with Crippen molar-refractivity contribution >= 4 is 0 Å². The zero-order valence-electron chi connectivity index (χ0n) is 10.3. The third-order valence-electron chi connectivity index (χ3n) is 3.80. The Morgan fingerprint density at radius 3 is 2.58 bits per heavy atom. The van der Waals surface area contributed by atoms with Gasteiger partial charge in [0.1, 0.15) is 24.1 Å². The van der Waals surface area contributed by atoms with E-state index in [1.807, 2.05) is 0 Å². The number of pyridine rings is 1. The summed E-state index contributed by atoms with van der Waals surface area (Å²) in [7, 11) is 0. The van der Waals surface area contributed by atoms with Gasteiger partial charge < -0.3 is 9.84 Å². The quantitative estimate of drug-likeness (QED) is 0.900. The van der Waals surface area contributed by atoms with E-state index in [4.69, 9.17) is 4.74 Å². The minimum atomic E-state index is -2.00. The van der Waals surface area contributed by atoms with Gasteiger partial charge >= 0.3 is 0 Å². The summed E-state index contributed by atoms with van der Waals surface area (Å²) >= 11 is 0. The van der Waals surface area contributed by atoms with Crippen molar-refractivity contribution < 1.29 is 23.0 Å². The molecule has 1 aromatic rings. The number of aromatic nitrogens is 1. The SMILES string of the molecule is Cc1ncc(OC2CC(F)C2)c2c1[C@H](O)[C@H](F)[C@@H]2F. The monoisotopic (exact) mass is 273 g/mol. The molecule has 1 N–H and O–H groups in total. The van der Waals surface area contributed by atoms with Crippen LogP contribution in [-0.2, 0) is 0 Å². The lowest BCUT2D eigenvalue weighted by molar-refractivity contribution is 0.0353. The molecule has 0 spiro atoms. The summed E-state index contributed by atoms with van der Waals surface area (Å²) in [4.78, 5) is 3.99. The Labute approximate surface area is 108 Å². The van der Waals surface area contributed by atoms with Crippen molar-refractivity contribution in [2.75, 3.05) is 0 Å². The number of alkyl halides is 3. The zero-order valence-corrected chi connectivity index (χ0v) is 10.3. The highest BCUT2D eigenvalue weighted by atomic mass is 19.2. The van der Waals surface area contributed by atoms with Crippen LogP contribution in [0.4, 0.5) is 13.2 Å². The van der Waals surface area contributed by atoms with Gasteiger partial charge in [0.2, 0.25) is 0 Å². The molecule has 0 amide bonds. The molecule has 1 aromatic heterocycles. The lowest BCUT2D eigenvalue weighted by Gasteiger charge is -2.30. The second kappa shape index (κ2) is 4.37. The number of aryl methyl sites for hydroxylation is 1. The number of hydrogen-bond acceptors (Lipinski definition) is 3. The molecule has 0 unspecified atom stereocenters. The summed E-state index contributed by atoms with van der Waals surface area (Å²) in [6.07, 6.45) is -4.85. The number of fused-ring (bicyclic) bond motifs is 1. The lowest BCUT2D eigenvalue weighted by Crippen LogP contribution is -2.35. The van der Waals surface area contributed by atoms with Crippen molar-refractivity contribution in [1.82, 2.24) is 4.98 Å². The highest BCUT2D eigenvalue weighted by Crippen LogP contribution is 2.48. The summed E-state index contributed by atoms with van der Waals surface area (Å²) in [5.74, 6) is 0.115. The maximum atomic E-state index is 13.9. The van der Waals surface area contributed by atoms with E-state index in [-0.39, 0.29) is 35.8 Å². The first-order valence-corrected chi connectivity index (χ1v) is 6.25. The second-order valence-corrected chi connectivity index (χ2v) is 5.13. The predicted molar refractivity (Wildman–Crippen MR) is 61.2 cm³/mol. The molecule has 1 fully saturated rings. The van der Waals surface area contributed by atoms with Gasteiger partial charge in [0, 0.05) is 29.7 Å². The average molecular weight is 273 g/mol. The van der Waals surface area contributed by atoms with Gasteiger partial charge in [0.25, 0.3) is 0 Å². The smallest absolute Gasteiger partial charge is 0.165 e. The first-order valence-electron chi connectivity index (χ1n) is 6.25. The molecule has 0 saturated heterocycles. The molecular formula is C13H14F3NO2. The normalized spacial score (nSPS) is 36.8. The topological polar surface area (TPSA) is 42.4 Å².